The lowest BCUT2D eigenvalue weighted by molar-refractivity contribution is 0.700. The molecule has 5 rings (SSSR count). The van der Waals surface area contributed by atoms with Gasteiger partial charge in [-0.15, -0.1) is 11.3 Å². The van der Waals surface area contributed by atoms with E-state index in [0.29, 0.717) is 0 Å². The van der Waals surface area contributed by atoms with E-state index in [4.69, 9.17) is 9.97 Å². The highest BCUT2D eigenvalue weighted by Crippen LogP contribution is 2.38. The molecule has 0 saturated carbocycles. The van der Waals surface area contributed by atoms with Crippen molar-refractivity contribution in [2.45, 2.75) is 25.7 Å². The van der Waals surface area contributed by atoms with E-state index < -0.39 is 0 Å². The summed E-state index contributed by atoms with van der Waals surface area (Å²) in [5.41, 5.74) is 2.59. The largest absolute Gasteiger partial charge is 0.290 e. The van der Waals surface area contributed by atoms with E-state index in [1.54, 1.807) is 6.20 Å². The molecule has 0 N–H and O–H groups in total. The predicted octanol–water partition coefficient (Wildman–Crippen LogP) is 4.93. The van der Waals surface area contributed by atoms with Crippen LogP contribution < -0.4 is 0 Å². The fourth-order valence-electron chi connectivity index (χ4n) is 3.53. The van der Waals surface area contributed by atoms with Crippen molar-refractivity contribution in [1.29, 1.82) is 0 Å². The number of imidazole rings is 1. The van der Waals surface area contributed by atoms with Crippen molar-refractivity contribution in [2.75, 3.05) is 0 Å². The molecule has 3 heterocycles. The highest BCUT2D eigenvalue weighted by atomic mass is 32.1. The summed E-state index contributed by atoms with van der Waals surface area (Å²) in [6.45, 7) is 0. The van der Waals surface area contributed by atoms with Crippen LogP contribution in [0.5, 0.6) is 0 Å². The van der Waals surface area contributed by atoms with E-state index >= 15 is 0 Å². The Bertz CT molecular complexity index is 1080. The van der Waals surface area contributed by atoms with Gasteiger partial charge in [-0.1, -0.05) is 36.4 Å². The Morgan fingerprint density at radius 1 is 1.00 bits per heavy atom. The minimum Gasteiger partial charge on any atom is -0.290 e. The van der Waals surface area contributed by atoms with Gasteiger partial charge in [0, 0.05) is 17.3 Å². The van der Waals surface area contributed by atoms with E-state index in [0.717, 1.165) is 34.9 Å². The van der Waals surface area contributed by atoms with Gasteiger partial charge in [0.05, 0.1) is 5.39 Å². The molecule has 0 bridgehead atoms. The molecule has 4 aromatic rings. The third-order valence-electron chi connectivity index (χ3n) is 4.79. The number of hydrogen-bond acceptors (Lipinski definition) is 4. The highest BCUT2D eigenvalue weighted by Gasteiger charge is 2.21. The molecule has 0 unspecified atom stereocenters. The minimum absolute atomic E-state index is 0.739. The molecule has 0 atom stereocenters. The number of fused-ring (bicyclic) bond motifs is 3. The molecular weight excluding hydrogens is 340 g/mol. The molecule has 1 aliphatic rings. The van der Waals surface area contributed by atoms with Crippen LogP contribution in [0.4, 0.5) is 0 Å². The summed E-state index contributed by atoms with van der Waals surface area (Å²) in [6.07, 6.45) is 14.4. The Balaban J connectivity index is 1.68. The molecular formula is C21H18N4S. The molecule has 0 saturated heterocycles. The SMILES string of the molecule is C(=C\c1nc(-n2ccnc2)c2c3c(sc2n1)CCCC3)/c1ccccc1. The summed E-state index contributed by atoms with van der Waals surface area (Å²) in [5.74, 6) is 1.68. The average Bonchev–Trinajstić information content (AvgIpc) is 3.34. The second-order valence-electron chi connectivity index (χ2n) is 6.51. The van der Waals surface area contributed by atoms with E-state index in [1.165, 1.54) is 28.7 Å². The van der Waals surface area contributed by atoms with Crippen LogP contribution >= 0.6 is 11.3 Å². The quantitative estimate of drug-likeness (QED) is 0.522. The number of aryl methyl sites for hydroxylation is 2. The second-order valence-corrected chi connectivity index (χ2v) is 7.59. The van der Waals surface area contributed by atoms with Crippen molar-refractivity contribution in [1.82, 2.24) is 19.5 Å². The van der Waals surface area contributed by atoms with Gasteiger partial charge in [0.1, 0.15) is 11.2 Å². The Morgan fingerprint density at radius 3 is 2.73 bits per heavy atom. The average molecular weight is 358 g/mol. The van der Waals surface area contributed by atoms with Gasteiger partial charge < -0.3 is 0 Å². The summed E-state index contributed by atoms with van der Waals surface area (Å²) in [7, 11) is 0. The van der Waals surface area contributed by atoms with Crippen molar-refractivity contribution >= 4 is 33.7 Å². The molecule has 0 spiro atoms. The molecule has 1 aliphatic carbocycles. The lowest BCUT2D eigenvalue weighted by Gasteiger charge is -2.12. The summed E-state index contributed by atoms with van der Waals surface area (Å²) >= 11 is 1.83. The van der Waals surface area contributed by atoms with Gasteiger partial charge in [-0.25, -0.2) is 15.0 Å². The van der Waals surface area contributed by atoms with E-state index in [9.17, 15) is 0 Å². The van der Waals surface area contributed by atoms with E-state index in [-0.39, 0.29) is 0 Å². The maximum absolute atomic E-state index is 4.87. The zero-order chi connectivity index (χ0) is 17.3. The first-order chi connectivity index (χ1) is 12.9. The maximum atomic E-state index is 4.87. The summed E-state index contributed by atoms with van der Waals surface area (Å²) in [5, 5.41) is 1.21. The first kappa shape index (κ1) is 15.5. The van der Waals surface area contributed by atoms with Crippen molar-refractivity contribution < 1.29 is 0 Å². The van der Waals surface area contributed by atoms with Crippen molar-refractivity contribution in [3.05, 3.63) is 70.9 Å². The number of benzene rings is 1. The highest BCUT2D eigenvalue weighted by molar-refractivity contribution is 7.18. The van der Waals surface area contributed by atoms with Crippen LogP contribution in [0.1, 0.15) is 34.7 Å². The monoisotopic (exact) mass is 358 g/mol. The molecule has 5 heteroatoms. The van der Waals surface area contributed by atoms with Gasteiger partial charge in [-0.3, -0.25) is 4.57 Å². The smallest absolute Gasteiger partial charge is 0.156 e. The van der Waals surface area contributed by atoms with Crippen LogP contribution in [0.2, 0.25) is 0 Å². The Kier molecular flexibility index (Phi) is 3.87. The van der Waals surface area contributed by atoms with Crippen LogP contribution in [0.3, 0.4) is 0 Å². The molecule has 0 fully saturated rings. The summed E-state index contributed by atoms with van der Waals surface area (Å²) in [6, 6.07) is 10.3. The van der Waals surface area contributed by atoms with Crippen LogP contribution in [0.25, 0.3) is 28.2 Å². The Labute approximate surface area is 155 Å². The Hall–Kier alpha value is -2.79. The van der Waals surface area contributed by atoms with Gasteiger partial charge in [0.2, 0.25) is 0 Å². The summed E-state index contributed by atoms with van der Waals surface area (Å²) < 4.78 is 2.01. The number of thiophene rings is 1. The first-order valence-electron chi connectivity index (χ1n) is 8.92. The predicted molar refractivity (Wildman–Crippen MR) is 107 cm³/mol. The zero-order valence-corrected chi connectivity index (χ0v) is 15.1. The second kappa shape index (κ2) is 6.50. The molecule has 26 heavy (non-hydrogen) atoms. The fourth-order valence-corrected chi connectivity index (χ4v) is 4.80. The molecule has 0 radical (unpaired) electrons. The molecule has 4 nitrogen and oxygen atoms in total. The Morgan fingerprint density at radius 2 is 1.88 bits per heavy atom. The molecule has 3 aromatic heterocycles. The molecule has 1 aromatic carbocycles. The topological polar surface area (TPSA) is 43.6 Å². The lowest BCUT2D eigenvalue weighted by atomic mass is 9.97. The molecule has 0 amide bonds. The number of nitrogens with zero attached hydrogens (tertiary/aromatic N) is 4. The van der Waals surface area contributed by atoms with Gasteiger partial charge >= 0.3 is 0 Å². The number of rotatable bonds is 3. The van der Waals surface area contributed by atoms with Crippen LogP contribution in [-0.4, -0.2) is 19.5 Å². The minimum atomic E-state index is 0.739. The molecule has 128 valence electrons. The normalized spacial score (nSPS) is 14.2. The van der Waals surface area contributed by atoms with Crippen LogP contribution in [0, 0.1) is 0 Å². The van der Waals surface area contributed by atoms with Crippen molar-refractivity contribution in [2.24, 2.45) is 0 Å². The molecule has 0 aliphatic heterocycles. The third kappa shape index (κ3) is 2.74. The lowest BCUT2D eigenvalue weighted by Crippen LogP contribution is -2.03. The van der Waals surface area contributed by atoms with E-state index in [1.807, 2.05) is 52.7 Å². The van der Waals surface area contributed by atoms with Crippen LogP contribution in [-0.2, 0) is 12.8 Å². The van der Waals surface area contributed by atoms with Crippen molar-refractivity contribution in [3.63, 3.8) is 0 Å². The van der Waals surface area contributed by atoms with Gasteiger partial charge in [0.15, 0.2) is 11.6 Å². The standard InChI is InChI=1S/C21H18N4S/c1-2-6-15(7-3-1)10-11-18-23-20(25-13-12-22-14-25)19-16-8-4-5-9-17(16)26-21(19)24-18/h1-3,6-7,10-14H,4-5,8-9H2/b11-10+. The number of aromatic nitrogens is 4. The van der Waals surface area contributed by atoms with Gasteiger partial charge in [-0.05, 0) is 42.9 Å². The zero-order valence-electron chi connectivity index (χ0n) is 14.3. The van der Waals surface area contributed by atoms with Crippen LogP contribution in [0.15, 0.2) is 49.1 Å². The van der Waals surface area contributed by atoms with E-state index in [2.05, 4.69) is 23.2 Å². The fraction of sp³-hybridized carbons (Fsp3) is 0.190. The van der Waals surface area contributed by atoms with Gasteiger partial charge in [-0.2, -0.15) is 0 Å². The summed E-state index contributed by atoms with van der Waals surface area (Å²) in [4.78, 5) is 16.5. The third-order valence-corrected chi connectivity index (χ3v) is 5.97. The maximum Gasteiger partial charge on any atom is 0.156 e. The first-order valence-corrected chi connectivity index (χ1v) is 9.74. The van der Waals surface area contributed by atoms with Crippen molar-refractivity contribution in [3.8, 4) is 5.82 Å². The van der Waals surface area contributed by atoms with Gasteiger partial charge in [0.25, 0.3) is 0 Å². The number of hydrogen-bond donors (Lipinski definition) is 0.